The summed E-state index contributed by atoms with van der Waals surface area (Å²) in [4.78, 5) is 8.19. The number of pyridine rings is 1. The fraction of sp³-hybridized carbons (Fsp3) is 0. The molecule has 6 aromatic carbocycles. The second-order valence-electron chi connectivity index (χ2n) is 10.0. The van der Waals surface area contributed by atoms with Crippen molar-refractivity contribution < 1.29 is 0 Å². The minimum Gasteiger partial charge on any atom is -0.308 e. The molecular formula is C37H24N2S. The maximum Gasteiger partial charge on any atom is 0.124 e. The Kier molecular flexibility index (Phi) is 5.35. The Labute approximate surface area is 236 Å². The largest absolute Gasteiger partial charge is 0.308 e. The summed E-state index contributed by atoms with van der Waals surface area (Å²) in [5.41, 5.74) is 5.87. The van der Waals surface area contributed by atoms with Crippen LogP contribution in [-0.2, 0) is 0 Å². The molecule has 3 heteroatoms. The first-order chi connectivity index (χ1) is 19.8. The molecule has 2 aromatic heterocycles. The number of hydrogen-bond donors (Lipinski definition) is 0. The maximum atomic E-state index is 4.70. The second kappa shape index (κ2) is 9.33. The van der Waals surface area contributed by atoms with E-state index < -0.39 is 0 Å². The Balaban J connectivity index is 1.43. The van der Waals surface area contributed by atoms with E-state index in [0.29, 0.717) is 0 Å². The van der Waals surface area contributed by atoms with Crippen molar-refractivity contribution in [2.45, 2.75) is 0 Å². The van der Waals surface area contributed by atoms with Gasteiger partial charge in [0.15, 0.2) is 0 Å². The van der Waals surface area contributed by atoms with Crippen molar-refractivity contribution in [2.75, 3.05) is 4.90 Å². The molecule has 2 heterocycles. The first kappa shape index (κ1) is 22.9. The normalized spacial score (nSPS) is 11.5. The molecule has 0 aliphatic carbocycles. The van der Waals surface area contributed by atoms with E-state index in [1.807, 2.05) is 12.3 Å². The highest BCUT2D eigenvalue weighted by molar-refractivity contribution is 7.26. The van der Waals surface area contributed by atoms with Gasteiger partial charge in [-0.25, -0.2) is 4.98 Å². The van der Waals surface area contributed by atoms with Crippen molar-refractivity contribution >= 4 is 70.2 Å². The molecule has 188 valence electrons. The molecule has 0 aliphatic rings. The quantitative estimate of drug-likeness (QED) is 0.211. The van der Waals surface area contributed by atoms with Crippen LogP contribution in [0.1, 0.15) is 0 Å². The lowest BCUT2D eigenvalue weighted by atomic mass is 9.98. The van der Waals surface area contributed by atoms with E-state index in [9.17, 15) is 0 Å². The third-order valence-electron chi connectivity index (χ3n) is 7.71. The minimum atomic E-state index is 1.06. The van der Waals surface area contributed by atoms with Crippen LogP contribution < -0.4 is 4.90 Å². The molecule has 8 rings (SSSR count). The van der Waals surface area contributed by atoms with E-state index >= 15 is 0 Å². The van der Waals surface area contributed by atoms with Crippen molar-refractivity contribution in [1.82, 2.24) is 4.98 Å². The van der Waals surface area contributed by atoms with Crippen LogP contribution in [0.5, 0.6) is 0 Å². The first-order valence-electron chi connectivity index (χ1n) is 13.5. The lowest BCUT2D eigenvalue weighted by Crippen LogP contribution is -2.10. The van der Waals surface area contributed by atoms with Gasteiger partial charge in [0.2, 0.25) is 0 Å². The van der Waals surface area contributed by atoms with Crippen molar-refractivity contribution in [1.29, 1.82) is 0 Å². The van der Waals surface area contributed by atoms with Gasteiger partial charge in [0.05, 0.1) is 16.1 Å². The van der Waals surface area contributed by atoms with Crippen molar-refractivity contribution in [3.05, 3.63) is 146 Å². The Bertz CT molecular complexity index is 2160. The van der Waals surface area contributed by atoms with E-state index in [1.54, 1.807) is 11.3 Å². The van der Waals surface area contributed by atoms with Gasteiger partial charge in [-0.2, -0.15) is 0 Å². The predicted octanol–water partition coefficient (Wildman–Crippen LogP) is 10.9. The van der Waals surface area contributed by atoms with E-state index in [2.05, 4.69) is 138 Å². The van der Waals surface area contributed by atoms with Crippen LogP contribution in [0, 0.1) is 0 Å². The van der Waals surface area contributed by atoms with Gasteiger partial charge in [-0.15, -0.1) is 11.3 Å². The number of benzene rings is 6. The van der Waals surface area contributed by atoms with Crippen LogP contribution in [0.4, 0.5) is 17.1 Å². The summed E-state index contributed by atoms with van der Waals surface area (Å²) < 4.78 is 1.24. The number of fused-ring (bicyclic) bond motifs is 6. The molecule has 0 spiro atoms. The number of hydrogen-bond acceptors (Lipinski definition) is 3. The Morgan fingerprint density at radius 3 is 2.00 bits per heavy atom. The van der Waals surface area contributed by atoms with Gasteiger partial charge in [-0.1, -0.05) is 103 Å². The molecule has 2 nitrogen and oxygen atoms in total. The molecule has 0 unspecified atom stereocenters. The van der Waals surface area contributed by atoms with Crippen molar-refractivity contribution in [3.8, 4) is 11.1 Å². The number of aromatic nitrogens is 1. The molecule has 0 N–H and O–H groups in total. The Morgan fingerprint density at radius 2 is 1.15 bits per heavy atom. The smallest absolute Gasteiger partial charge is 0.124 e. The first-order valence-corrected chi connectivity index (χ1v) is 14.3. The summed E-state index contributed by atoms with van der Waals surface area (Å²) in [5.74, 6) is 0. The molecule has 8 aromatic rings. The number of anilines is 3. The molecule has 40 heavy (non-hydrogen) atoms. The zero-order chi connectivity index (χ0) is 26.5. The highest BCUT2D eigenvalue weighted by atomic mass is 32.1. The molecule has 0 saturated heterocycles. The third kappa shape index (κ3) is 3.67. The summed E-state index contributed by atoms with van der Waals surface area (Å²) in [6, 6.07) is 50.1. The average Bonchev–Trinajstić information content (AvgIpc) is 3.42. The van der Waals surface area contributed by atoms with Crippen LogP contribution in [0.3, 0.4) is 0 Å². The van der Waals surface area contributed by atoms with Crippen molar-refractivity contribution in [3.63, 3.8) is 0 Å². The molecule has 0 radical (unpaired) electrons. The van der Waals surface area contributed by atoms with Crippen LogP contribution in [-0.4, -0.2) is 4.98 Å². The Hall–Kier alpha value is -4.99. The molecule has 0 fully saturated rings. The van der Waals surface area contributed by atoms with Crippen LogP contribution in [0.15, 0.2) is 146 Å². The minimum absolute atomic E-state index is 1.06. The highest BCUT2D eigenvalue weighted by Gasteiger charge is 2.21. The second-order valence-corrected chi connectivity index (χ2v) is 11.0. The van der Waals surface area contributed by atoms with Gasteiger partial charge < -0.3 is 4.90 Å². The SMILES string of the molecule is c1ccc(-c2ccc(N(c3cc4ccccc4c4ccccc34)c3cccc4c3sc3ncccc34)cc2)cc1. The van der Waals surface area contributed by atoms with Gasteiger partial charge in [0.1, 0.15) is 4.83 Å². The van der Waals surface area contributed by atoms with Gasteiger partial charge in [-0.3, -0.25) is 0 Å². The molecular weight excluding hydrogens is 504 g/mol. The van der Waals surface area contributed by atoms with Crippen LogP contribution in [0.25, 0.3) is 53.0 Å². The maximum absolute atomic E-state index is 4.70. The van der Waals surface area contributed by atoms with E-state index in [0.717, 1.165) is 16.2 Å². The number of nitrogens with zero attached hydrogens (tertiary/aromatic N) is 2. The van der Waals surface area contributed by atoms with Gasteiger partial charge in [0, 0.05) is 28.0 Å². The third-order valence-corrected chi connectivity index (χ3v) is 8.87. The fourth-order valence-corrected chi connectivity index (χ4v) is 7.00. The summed E-state index contributed by atoms with van der Waals surface area (Å²) >= 11 is 1.76. The molecule has 0 saturated carbocycles. The van der Waals surface area contributed by atoms with E-state index in [1.165, 1.54) is 53.8 Å². The number of thiophene rings is 1. The predicted molar refractivity (Wildman–Crippen MR) is 172 cm³/mol. The van der Waals surface area contributed by atoms with Gasteiger partial charge >= 0.3 is 0 Å². The lowest BCUT2D eigenvalue weighted by Gasteiger charge is -2.28. The van der Waals surface area contributed by atoms with E-state index in [-0.39, 0.29) is 0 Å². The fourth-order valence-electron chi connectivity index (χ4n) is 5.86. The summed E-state index contributed by atoms with van der Waals surface area (Å²) in [6.07, 6.45) is 1.88. The van der Waals surface area contributed by atoms with E-state index in [4.69, 9.17) is 4.98 Å². The molecule has 0 bridgehead atoms. The average molecular weight is 529 g/mol. The summed E-state index contributed by atoms with van der Waals surface area (Å²) in [6.45, 7) is 0. The topological polar surface area (TPSA) is 16.1 Å². The molecule has 0 aliphatic heterocycles. The molecule has 0 amide bonds. The van der Waals surface area contributed by atoms with Crippen LogP contribution in [0.2, 0.25) is 0 Å². The summed E-state index contributed by atoms with van der Waals surface area (Å²) in [5, 5.41) is 7.42. The van der Waals surface area contributed by atoms with Gasteiger partial charge in [-0.05, 0) is 63.7 Å². The monoisotopic (exact) mass is 528 g/mol. The Morgan fingerprint density at radius 1 is 0.475 bits per heavy atom. The number of rotatable bonds is 4. The van der Waals surface area contributed by atoms with Crippen LogP contribution >= 0.6 is 11.3 Å². The standard InChI is InChI=1S/C37H24N2S/c1-2-10-25(11-3-1)26-19-21-28(22-20-26)39(34-18-8-16-32-33-17-9-23-38-37(33)40-36(32)34)35-24-27-12-4-5-13-29(27)30-14-6-7-15-31(30)35/h1-24H. The van der Waals surface area contributed by atoms with Gasteiger partial charge in [0.25, 0.3) is 0 Å². The zero-order valence-corrected chi connectivity index (χ0v) is 22.5. The lowest BCUT2D eigenvalue weighted by molar-refractivity contribution is 1.32. The van der Waals surface area contributed by atoms with Crippen molar-refractivity contribution in [2.24, 2.45) is 0 Å². The molecule has 0 atom stereocenters. The zero-order valence-electron chi connectivity index (χ0n) is 21.7. The summed E-state index contributed by atoms with van der Waals surface area (Å²) in [7, 11) is 0. The highest BCUT2D eigenvalue weighted by Crippen LogP contribution is 2.47.